The number of rotatable bonds is 5. The van der Waals surface area contributed by atoms with Crippen LogP contribution in [-0.4, -0.2) is 34.6 Å². The smallest absolute Gasteiger partial charge is 0.187 e. The van der Waals surface area contributed by atoms with Crippen molar-refractivity contribution in [2.45, 2.75) is 45.1 Å². The Kier molecular flexibility index (Phi) is 4.51. The minimum atomic E-state index is 0.0396. The number of allylic oxidation sites excluding steroid dienone is 1. The summed E-state index contributed by atoms with van der Waals surface area (Å²) in [7, 11) is 3.82. The fourth-order valence-corrected chi connectivity index (χ4v) is 3.36. The van der Waals surface area contributed by atoms with Crippen LogP contribution in [0.15, 0.2) is 30.5 Å². The fraction of sp³-hybridized carbons (Fsp3) is 0.474. The molecule has 4 heteroatoms. The number of aromatic nitrogens is 2. The molecule has 0 spiro atoms. The standard InChI is InChI=1S/C19H25N3O/c1-4-17-16-10-9-14(19(23)11-12-21(2)3)13-18(16)22(20-17)15-7-5-6-8-15/h9-13,15H,4-8H2,1-3H3. The maximum Gasteiger partial charge on any atom is 0.187 e. The quantitative estimate of drug-likeness (QED) is 0.619. The average molecular weight is 311 g/mol. The third-order valence-electron chi connectivity index (χ3n) is 4.60. The molecule has 2 aromatic rings. The molecule has 3 rings (SSSR count). The SMILES string of the molecule is CCc1nn(C2CCCC2)c2cc(C(=O)C=CN(C)C)ccc12. The number of ketones is 1. The summed E-state index contributed by atoms with van der Waals surface area (Å²) in [6, 6.07) is 6.48. The molecule has 0 bridgehead atoms. The van der Waals surface area contributed by atoms with Crippen LogP contribution in [-0.2, 0) is 6.42 Å². The van der Waals surface area contributed by atoms with Gasteiger partial charge in [-0.2, -0.15) is 5.10 Å². The Balaban J connectivity index is 2.03. The number of hydrogen-bond donors (Lipinski definition) is 0. The first-order valence-electron chi connectivity index (χ1n) is 8.50. The van der Waals surface area contributed by atoms with Crippen LogP contribution in [0.5, 0.6) is 0 Å². The molecule has 4 nitrogen and oxygen atoms in total. The van der Waals surface area contributed by atoms with Gasteiger partial charge in [-0.1, -0.05) is 31.9 Å². The minimum absolute atomic E-state index is 0.0396. The minimum Gasteiger partial charge on any atom is -0.383 e. The van der Waals surface area contributed by atoms with Gasteiger partial charge >= 0.3 is 0 Å². The number of aryl methyl sites for hydroxylation is 1. The zero-order valence-corrected chi connectivity index (χ0v) is 14.2. The molecule has 1 aromatic carbocycles. The number of hydrogen-bond acceptors (Lipinski definition) is 3. The van der Waals surface area contributed by atoms with Gasteiger partial charge in [-0.3, -0.25) is 9.48 Å². The molecule has 0 radical (unpaired) electrons. The van der Waals surface area contributed by atoms with E-state index in [1.165, 1.54) is 31.1 Å². The Morgan fingerprint density at radius 1 is 1.35 bits per heavy atom. The van der Waals surface area contributed by atoms with E-state index in [4.69, 9.17) is 5.10 Å². The van der Waals surface area contributed by atoms with Crippen LogP contribution in [0, 0.1) is 0 Å². The van der Waals surface area contributed by atoms with Gasteiger partial charge in [-0.05, 0) is 25.3 Å². The van der Waals surface area contributed by atoms with Gasteiger partial charge in [0.25, 0.3) is 0 Å². The summed E-state index contributed by atoms with van der Waals surface area (Å²) in [4.78, 5) is 14.2. The van der Waals surface area contributed by atoms with E-state index in [2.05, 4.69) is 17.7 Å². The van der Waals surface area contributed by atoms with E-state index in [1.807, 2.05) is 31.1 Å². The molecule has 1 aliphatic carbocycles. The molecular weight excluding hydrogens is 286 g/mol. The second-order valence-electron chi connectivity index (χ2n) is 6.56. The Labute approximate surface area is 137 Å². The predicted octanol–water partition coefficient (Wildman–Crippen LogP) is 3.97. The zero-order valence-electron chi connectivity index (χ0n) is 14.2. The van der Waals surface area contributed by atoms with Gasteiger partial charge in [0.15, 0.2) is 5.78 Å². The molecule has 1 heterocycles. The predicted molar refractivity (Wildman–Crippen MR) is 93.8 cm³/mol. The number of nitrogens with zero attached hydrogens (tertiary/aromatic N) is 3. The third kappa shape index (κ3) is 3.16. The van der Waals surface area contributed by atoms with E-state index in [0.717, 1.165) is 23.2 Å². The Morgan fingerprint density at radius 2 is 2.09 bits per heavy atom. The maximum atomic E-state index is 12.4. The topological polar surface area (TPSA) is 38.1 Å². The molecule has 0 N–H and O–H groups in total. The van der Waals surface area contributed by atoms with Crippen molar-refractivity contribution in [3.63, 3.8) is 0 Å². The van der Waals surface area contributed by atoms with Crippen LogP contribution >= 0.6 is 0 Å². The normalized spacial score (nSPS) is 15.8. The highest BCUT2D eigenvalue weighted by Crippen LogP contribution is 2.33. The van der Waals surface area contributed by atoms with Crippen molar-refractivity contribution in [3.8, 4) is 0 Å². The van der Waals surface area contributed by atoms with Crippen LogP contribution in [0.3, 0.4) is 0 Å². The monoisotopic (exact) mass is 311 g/mol. The number of carbonyl (C=O) groups excluding carboxylic acids is 1. The van der Waals surface area contributed by atoms with Crippen LogP contribution in [0.25, 0.3) is 10.9 Å². The van der Waals surface area contributed by atoms with Crippen molar-refractivity contribution in [2.24, 2.45) is 0 Å². The van der Waals surface area contributed by atoms with Crippen molar-refractivity contribution >= 4 is 16.7 Å². The van der Waals surface area contributed by atoms with E-state index in [0.29, 0.717) is 6.04 Å². The highest BCUT2D eigenvalue weighted by atomic mass is 16.1. The van der Waals surface area contributed by atoms with Gasteiger partial charge in [-0.15, -0.1) is 0 Å². The summed E-state index contributed by atoms with van der Waals surface area (Å²) >= 11 is 0. The van der Waals surface area contributed by atoms with Crippen LogP contribution in [0.1, 0.15) is 54.7 Å². The lowest BCUT2D eigenvalue weighted by Crippen LogP contribution is -2.07. The van der Waals surface area contributed by atoms with Gasteiger partial charge in [-0.25, -0.2) is 0 Å². The molecule has 122 valence electrons. The van der Waals surface area contributed by atoms with Gasteiger partial charge in [0.1, 0.15) is 0 Å². The first kappa shape index (κ1) is 15.8. The van der Waals surface area contributed by atoms with E-state index in [-0.39, 0.29) is 5.78 Å². The van der Waals surface area contributed by atoms with Gasteiger partial charge in [0.2, 0.25) is 0 Å². The van der Waals surface area contributed by atoms with Crippen molar-refractivity contribution in [3.05, 3.63) is 41.7 Å². The van der Waals surface area contributed by atoms with Gasteiger partial charge < -0.3 is 4.90 Å². The van der Waals surface area contributed by atoms with Gasteiger partial charge in [0.05, 0.1) is 17.3 Å². The Morgan fingerprint density at radius 3 is 2.74 bits per heavy atom. The highest BCUT2D eigenvalue weighted by molar-refractivity contribution is 6.06. The molecule has 0 unspecified atom stereocenters. The molecule has 0 atom stereocenters. The van der Waals surface area contributed by atoms with Crippen LogP contribution in [0.4, 0.5) is 0 Å². The first-order valence-corrected chi connectivity index (χ1v) is 8.50. The van der Waals surface area contributed by atoms with Crippen molar-refractivity contribution in [2.75, 3.05) is 14.1 Å². The van der Waals surface area contributed by atoms with E-state index in [1.54, 1.807) is 12.3 Å². The van der Waals surface area contributed by atoms with Crippen molar-refractivity contribution in [1.29, 1.82) is 0 Å². The molecule has 0 aliphatic heterocycles. The number of fused-ring (bicyclic) bond motifs is 1. The van der Waals surface area contributed by atoms with E-state index in [9.17, 15) is 4.79 Å². The second kappa shape index (κ2) is 6.57. The van der Waals surface area contributed by atoms with Crippen LogP contribution in [0.2, 0.25) is 0 Å². The molecule has 1 aromatic heterocycles. The summed E-state index contributed by atoms with van der Waals surface area (Å²) < 4.78 is 2.17. The number of benzene rings is 1. The zero-order chi connectivity index (χ0) is 16.4. The fourth-order valence-electron chi connectivity index (χ4n) is 3.36. The van der Waals surface area contributed by atoms with Gasteiger partial charge in [0, 0.05) is 37.3 Å². The molecule has 0 amide bonds. The first-order chi connectivity index (χ1) is 11.1. The van der Waals surface area contributed by atoms with E-state index >= 15 is 0 Å². The Hall–Kier alpha value is -2.10. The largest absolute Gasteiger partial charge is 0.383 e. The van der Waals surface area contributed by atoms with Crippen LogP contribution < -0.4 is 0 Å². The second-order valence-corrected chi connectivity index (χ2v) is 6.56. The Bertz CT molecular complexity index is 736. The lowest BCUT2D eigenvalue weighted by atomic mass is 10.1. The summed E-state index contributed by atoms with van der Waals surface area (Å²) in [6.45, 7) is 2.14. The lowest BCUT2D eigenvalue weighted by molar-refractivity contribution is 0.104. The highest BCUT2D eigenvalue weighted by Gasteiger charge is 2.21. The lowest BCUT2D eigenvalue weighted by Gasteiger charge is -2.11. The van der Waals surface area contributed by atoms with Crippen molar-refractivity contribution < 1.29 is 4.79 Å². The summed E-state index contributed by atoms with van der Waals surface area (Å²) in [5, 5.41) is 6.03. The molecular formula is C19H25N3O. The number of carbonyl (C=O) groups is 1. The molecule has 1 aliphatic rings. The molecule has 0 saturated heterocycles. The molecule has 23 heavy (non-hydrogen) atoms. The summed E-state index contributed by atoms with van der Waals surface area (Å²) in [5.74, 6) is 0.0396. The summed E-state index contributed by atoms with van der Waals surface area (Å²) in [5.41, 5.74) is 2.98. The maximum absolute atomic E-state index is 12.4. The van der Waals surface area contributed by atoms with E-state index < -0.39 is 0 Å². The van der Waals surface area contributed by atoms with Crippen molar-refractivity contribution in [1.82, 2.24) is 14.7 Å². The molecule has 1 fully saturated rings. The average Bonchev–Trinajstić information content (AvgIpc) is 3.18. The summed E-state index contributed by atoms with van der Waals surface area (Å²) in [6.07, 6.45) is 9.27. The third-order valence-corrected chi connectivity index (χ3v) is 4.60. The molecule has 1 saturated carbocycles.